The number of nitrogens with zero attached hydrogens (tertiary/aromatic N) is 4. The molecule has 0 atom stereocenters. The summed E-state index contributed by atoms with van der Waals surface area (Å²) in [6, 6.07) is 13.6. The molecule has 0 fully saturated rings. The van der Waals surface area contributed by atoms with E-state index in [1.54, 1.807) is 47.4 Å². The third kappa shape index (κ3) is 5.37. The maximum Gasteiger partial charge on any atom is 0.274 e. The Morgan fingerprint density at radius 3 is 2.62 bits per heavy atom. The first kappa shape index (κ1) is 23.3. The molecule has 0 spiro atoms. The Labute approximate surface area is 200 Å². The number of halogens is 1. The second-order valence-corrected chi connectivity index (χ2v) is 8.41. The fourth-order valence-corrected chi connectivity index (χ4v) is 3.40. The van der Waals surface area contributed by atoms with Crippen molar-refractivity contribution in [1.82, 2.24) is 19.2 Å². The van der Waals surface area contributed by atoms with E-state index in [1.807, 2.05) is 26.8 Å². The lowest BCUT2D eigenvalue weighted by molar-refractivity contribution is -0.118. The summed E-state index contributed by atoms with van der Waals surface area (Å²) in [5.74, 6) is 1.11. The van der Waals surface area contributed by atoms with Gasteiger partial charge in [0, 0.05) is 28.9 Å². The molecule has 10 heteroatoms. The smallest absolute Gasteiger partial charge is 0.274 e. The van der Waals surface area contributed by atoms with Crippen LogP contribution in [0.4, 0.5) is 5.69 Å². The molecule has 9 nitrogen and oxygen atoms in total. The number of hydrogen-bond acceptors (Lipinski definition) is 6. The van der Waals surface area contributed by atoms with Gasteiger partial charge in [-0.3, -0.25) is 14.3 Å². The summed E-state index contributed by atoms with van der Waals surface area (Å²) < 4.78 is 14.5. The topological polar surface area (TPSA) is 99.7 Å². The Balaban J connectivity index is 1.40. The summed E-state index contributed by atoms with van der Waals surface area (Å²) in [6.07, 6.45) is 1.59. The van der Waals surface area contributed by atoms with Gasteiger partial charge >= 0.3 is 0 Å². The average Bonchev–Trinajstić information content (AvgIpc) is 3.24. The first-order valence-electron chi connectivity index (χ1n) is 10.7. The highest BCUT2D eigenvalue weighted by molar-refractivity contribution is 6.30. The van der Waals surface area contributed by atoms with Crippen LogP contribution < -0.4 is 20.3 Å². The molecule has 1 N–H and O–H groups in total. The van der Waals surface area contributed by atoms with Gasteiger partial charge in [0.1, 0.15) is 24.4 Å². The lowest BCUT2D eigenvalue weighted by Crippen LogP contribution is -2.23. The zero-order valence-electron chi connectivity index (χ0n) is 19.0. The lowest BCUT2D eigenvalue weighted by atomic mass is 10.2. The van der Waals surface area contributed by atoms with Gasteiger partial charge in [-0.15, -0.1) is 0 Å². The van der Waals surface area contributed by atoms with Gasteiger partial charge in [0.2, 0.25) is 0 Å². The van der Waals surface area contributed by atoms with Gasteiger partial charge in [-0.1, -0.05) is 17.7 Å². The summed E-state index contributed by atoms with van der Waals surface area (Å²) in [6.45, 7) is 5.74. The number of ether oxygens (including phenoxy) is 2. The van der Waals surface area contributed by atoms with E-state index in [2.05, 4.69) is 15.3 Å². The predicted molar refractivity (Wildman–Crippen MR) is 129 cm³/mol. The number of hydrogen-bond donors (Lipinski definition) is 1. The standard InChI is InChI=1S/C24H24ClN5O4/c1-15(2)29-14-26-24-28-19(11-23(32)30(24)29)12-34-21-10-18(7-4-16(21)3)27-22(31)13-33-20-8-5-17(25)6-9-20/h4-11,14-15H,12-13H2,1-3H3,(H,27,31). The lowest BCUT2D eigenvalue weighted by Gasteiger charge is -2.12. The number of aryl methyl sites for hydroxylation is 1. The van der Waals surface area contributed by atoms with E-state index in [0.717, 1.165) is 5.56 Å². The van der Waals surface area contributed by atoms with Crippen LogP contribution in [0.3, 0.4) is 0 Å². The summed E-state index contributed by atoms with van der Waals surface area (Å²) in [4.78, 5) is 33.5. The number of benzene rings is 2. The molecule has 0 aliphatic carbocycles. The highest BCUT2D eigenvalue weighted by Gasteiger charge is 2.12. The van der Waals surface area contributed by atoms with Crippen LogP contribution in [0.25, 0.3) is 5.78 Å². The van der Waals surface area contributed by atoms with E-state index in [9.17, 15) is 9.59 Å². The van der Waals surface area contributed by atoms with Gasteiger partial charge in [0.25, 0.3) is 17.2 Å². The number of nitrogens with one attached hydrogen (secondary N) is 1. The third-order valence-electron chi connectivity index (χ3n) is 5.01. The van der Waals surface area contributed by atoms with Crippen molar-refractivity contribution in [3.05, 3.63) is 81.5 Å². The molecule has 176 valence electrons. The van der Waals surface area contributed by atoms with E-state index in [4.69, 9.17) is 21.1 Å². The molecular weight excluding hydrogens is 458 g/mol. The molecule has 4 aromatic rings. The molecule has 0 saturated heterocycles. The number of aromatic nitrogens is 4. The summed E-state index contributed by atoms with van der Waals surface area (Å²) in [5, 5.41) is 3.38. The number of amides is 1. The van der Waals surface area contributed by atoms with Crippen LogP contribution in [0.15, 0.2) is 59.7 Å². The molecule has 34 heavy (non-hydrogen) atoms. The molecule has 4 rings (SSSR count). The molecule has 0 radical (unpaired) electrons. The minimum Gasteiger partial charge on any atom is -0.487 e. The van der Waals surface area contributed by atoms with Crippen LogP contribution in [-0.2, 0) is 11.4 Å². The van der Waals surface area contributed by atoms with Crippen LogP contribution in [-0.4, -0.2) is 31.7 Å². The minimum absolute atomic E-state index is 0.0730. The van der Waals surface area contributed by atoms with Crippen LogP contribution >= 0.6 is 11.6 Å². The Bertz CT molecular complexity index is 1380. The molecule has 2 heterocycles. The molecule has 0 saturated carbocycles. The van der Waals surface area contributed by atoms with Crippen LogP contribution in [0.5, 0.6) is 11.5 Å². The predicted octanol–water partition coefficient (Wildman–Crippen LogP) is 4.03. The number of rotatable bonds is 8. The quantitative estimate of drug-likeness (QED) is 0.408. The molecule has 0 aliphatic heterocycles. The monoisotopic (exact) mass is 481 g/mol. The number of fused-ring (bicyclic) bond motifs is 1. The Hall–Kier alpha value is -3.85. The van der Waals surface area contributed by atoms with Crippen molar-refractivity contribution < 1.29 is 14.3 Å². The zero-order chi connectivity index (χ0) is 24.2. The van der Waals surface area contributed by atoms with Crippen molar-refractivity contribution in [3.8, 4) is 11.5 Å². The van der Waals surface area contributed by atoms with E-state index in [1.165, 1.54) is 10.6 Å². The van der Waals surface area contributed by atoms with Crippen molar-refractivity contribution in [3.63, 3.8) is 0 Å². The van der Waals surface area contributed by atoms with Gasteiger partial charge in [-0.2, -0.15) is 9.50 Å². The van der Waals surface area contributed by atoms with E-state index in [-0.39, 0.29) is 30.7 Å². The normalized spacial score (nSPS) is 11.1. The fourth-order valence-electron chi connectivity index (χ4n) is 3.27. The van der Waals surface area contributed by atoms with Crippen molar-refractivity contribution >= 4 is 29.0 Å². The van der Waals surface area contributed by atoms with Gasteiger partial charge < -0.3 is 14.8 Å². The Morgan fingerprint density at radius 2 is 1.88 bits per heavy atom. The molecule has 1 amide bonds. The number of carbonyl (C=O) groups is 1. The highest BCUT2D eigenvalue weighted by Crippen LogP contribution is 2.24. The summed E-state index contributed by atoms with van der Waals surface area (Å²) >= 11 is 5.85. The third-order valence-corrected chi connectivity index (χ3v) is 5.27. The van der Waals surface area contributed by atoms with Crippen molar-refractivity contribution in [1.29, 1.82) is 0 Å². The largest absolute Gasteiger partial charge is 0.487 e. The zero-order valence-corrected chi connectivity index (χ0v) is 19.7. The molecule has 2 aromatic carbocycles. The number of carbonyl (C=O) groups excluding carboxylic acids is 1. The summed E-state index contributed by atoms with van der Waals surface area (Å²) in [5.41, 5.74) is 1.67. The van der Waals surface area contributed by atoms with E-state index < -0.39 is 0 Å². The second-order valence-electron chi connectivity index (χ2n) is 7.98. The maximum absolute atomic E-state index is 12.6. The molecule has 0 aliphatic rings. The minimum atomic E-state index is -0.314. The first-order chi connectivity index (χ1) is 16.3. The molecule has 2 aromatic heterocycles. The van der Waals surface area contributed by atoms with Crippen molar-refractivity contribution in [2.45, 2.75) is 33.4 Å². The molecular formula is C24H24ClN5O4. The first-order valence-corrected chi connectivity index (χ1v) is 11.1. The van der Waals surface area contributed by atoms with Gasteiger partial charge in [-0.25, -0.2) is 4.98 Å². The van der Waals surface area contributed by atoms with Gasteiger partial charge in [0.05, 0.1) is 5.69 Å². The number of anilines is 1. The van der Waals surface area contributed by atoms with Gasteiger partial charge in [0.15, 0.2) is 6.61 Å². The van der Waals surface area contributed by atoms with Gasteiger partial charge in [-0.05, 0) is 56.7 Å². The van der Waals surface area contributed by atoms with Crippen molar-refractivity contribution in [2.24, 2.45) is 0 Å². The average molecular weight is 482 g/mol. The highest BCUT2D eigenvalue weighted by atomic mass is 35.5. The van der Waals surface area contributed by atoms with Crippen LogP contribution in [0.1, 0.15) is 31.1 Å². The second kappa shape index (κ2) is 9.96. The Kier molecular flexibility index (Phi) is 6.83. The van der Waals surface area contributed by atoms with E-state index >= 15 is 0 Å². The van der Waals surface area contributed by atoms with Crippen LogP contribution in [0.2, 0.25) is 5.02 Å². The maximum atomic E-state index is 12.6. The Morgan fingerprint density at radius 1 is 1.12 bits per heavy atom. The molecule has 0 unspecified atom stereocenters. The van der Waals surface area contributed by atoms with Crippen LogP contribution in [0, 0.1) is 6.92 Å². The summed E-state index contributed by atoms with van der Waals surface area (Å²) in [7, 11) is 0. The SMILES string of the molecule is Cc1ccc(NC(=O)COc2ccc(Cl)cc2)cc1OCc1cc(=O)n2c(ncn2C(C)C)n1. The van der Waals surface area contributed by atoms with E-state index in [0.29, 0.717) is 33.7 Å². The fraction of sp³-hybridized carbons (Fsp3) is 0.250. The van der Waals surface area contributed by atoms with Crippen molar-refractivity contribution in [2.75, 3.05) is 11.9 Å². The molecule has 0 bridgehead atoms.